The van der Waals surface area contributed by atoms with E-state index in [1.54, 1.807) is 24.3 Å². The number of nitrogens with two attached hydrogens (primary N) is 1. The van der Waals surface area contributed by atoms with Crippen molar-refractivity contribution in [2.45, 2.75) is 0 Å². The Morgan fingerprint density at radius 3 is 2.40 bits per heavy atom. The Morgan fingerprint density at radius 1 is 1.00 bits per heavy atom. The van der Waals surface area contributed by atoms with Crippen molar-refractivity contribution < 1.29 is 4.79 Å². The van der Waals surface area contributed by atoms with Gasteiger partial charge in [0.25, 0.3) is 0 Å². The van der Waals surface area contributed by atoms with E-state index in [2.05, 4.69) is 10.6 Å². The van der Waals surface area contributed by atoms with Crippen LogP contribution in [0.3, 0.4) is 0 Å². The van der Waals surface area contributed by atoms with Crippen LogP contribution in [0.1, 0.15) is 0 Å². The summed E-state index contributed by atoms with van der Waals surface area (Å²) in [5.74, 6) is 0. The number of hydrogen-bond acceptors (Lipinski definition) is 2. The van der Waals surface area contributed by atoms with Crippen molar-refractivity contribution in [3.05, 3.63) is 51.5 Å². The number of amides is 2. The quantitative estimate of drug-likeness (QED) is 0.687. The van der Waals surface area contributed by atoms with Gasteiger partial charge in [-0.1, -0.05) is 40.9 Å². The first-order valence-electron chi connectivity index (χ1n) is 5.54. The molecule has 0 aliphatic rings. The average Bonchev–Trinajstić information content (AvgIpc) is 2.33. The molecule has 0 aromatic heterocycles. The van der Waals surface area contributed by atoms with E-state index in [1.165, 1.54) is 12.1 Å². The van der Waals surface area contributed by atoms with Gasteiger partial charge in [0.2, 0.25) is 0 Å². The van der Waals surface area contributed by atoms with Gasteiger partial charge in [0.1, 0.15) is 0 Å². The van der Waals surface area contributed by atoms with Crippen LogP contribution in [-0.4, -0.2) is 6.03 Å². The molecule has 0 radical (unpaired) electrons. The van der Waals surface area contributed by atoms with Crippen LogP contribution in [0.2, 0.25) is 15.1 Å². The summed E-state index contributed by atoms with van der Waals surface area (Å²) in [5.41, 5.74) is 6.89. The van der Waals surface area contributed by atoms with E-state index in [0.29, 0.717) is 21.4 Å². The van der Waals surface area contributed by atoms with Crippen molar-refractivity contribution in [1.29, 1.82) is 0 Å². The van der Waals surface area contributed by atoms with Gasteiger partial charge >= 0.3 is 6.03 Å². The van der Waals surface area contributed by atoms with E-state index in [0.717, 1.165) is 0 Å². The maximum Gasteiger partial charge on any atom is 0.323 e. The minimum atomic E-state index is -0.483. The Labute approximate surface area is 130 Å². The minimum Gasteiger partial charge on any atom is -0.397 e. The second-order valence-corrected chi connectivity index (χ2v) is 5.22. The van der Waals surface area contributed by atoms with E-state index in [4.69, 9.17) is 40.5 Å². The number of benzene rings is 2. The van der Waals surface area contributed by atoms with Crippen molar-refractivity contribution in [3.8, 4) is 0 Å². The van der Waals surface area contributed by atoms with E-state index < -0.39 is 6.03 Å². The van der Waals surface area contributed by atoms with Gasteiger partial charge in [-0.2, -0.15) is 0 Å². The van der Waals surface area contributed by atoms with E-state index >= 15 is 0 Å². The molecule has 2 aromatic carbocycles. The van der Waals surface area contributed by atoms with Crippen LogP contribution in [0.15, 0.2) is 36.4 Å². The zero-order valence-electron chi connectivity index (χ0n) is 10.1. The fraction of sp³-hybridized carbons (Fsp3) is 0. The third-order valence-corrected chi connectivity index (χ3v) is 3.16. The lowest BCUT2D eigenvalue weighted by atomic mass is 10.2. The molecule has 0 saturated heterocycles. The van der Waals surface area contributed by atoms with Gasteiger partial charge in [-0.05, 0) is 30.3 Å². The predicted molar refractivity (Wildman–Crippen MR) is 85.0 cm³/mol. The van der Waals surface area contributed by atoms with Crippen molar-refractivity contribution >= 4 is 57.9 Å². The van der Waals surface area contributed by atoms with Crippen molar-refractivity contribution in [2.24, 2.45) is 0 Å². The molecule has 0 unspecified atom stereocenters. The molecule has 0 aliphatic carbocycles. The minimum absolute atomic E-state index is 0.260. The van der Waals surface area contributed by atoms with Gasteiger partial charge in [0.15, 0.2) is 0 Å². The van der Waals surface area contributed by atoms with Gasteiger partial charge in [-0.25, -0.2) is 4.79 Å². The van der Waals surface area contributed by atoms with Gasteiger partial charge in [-0.3, -0.25) is 0 Å². The molecule has 2 rings (SSSR count). The van der Waals surface area contributed by atoms with Crippen LogP contribution in [-0.2, 0) is 0 Å². The maximum atomic E-state index is 11.9. The first kappa shape index (κ1) is 14.8. The Bertz CT molecular complexity index is 638. The molecule has 0 atom stereocenters. The zero-order valence-corrected chi connectivity index (χ0v) is 12.4. The molecule has 0 aliphatic heterocycles. The van der Waals surface area contributed by atoms with E-state index in [1.807, 2.05) is 0 Å². The predicted octanol–water partition coefficient (Wildman–Crippen LogP) is 4.87. The second kappa shape index (κ2) is 6.22. The second-order valence-electron chi connectivity index (χ2n) is 3.94. The first-order chi connectivity index (χ1) is 9.45. The zero-order chi connectivity index (χ0) is 14.7. The Hall–Kier alpha value is -1.62. The SMILES string of the molecule is Nc1cc(Cl)cc(Cl)c1NC(=O)Nc1cccc(Cl)c1. The summed E-state index contributed by atoms with van der Waals surface area (Å²) in [5, 5.41) is 6.36. The highest BCUT2D eigenvalue weighted by Crippen LogP contribution is 2.32. The summed E-state index contributed by atoms with van der Waals surface area (Å²) in [6.45, 7) is 0. The highest BCUT2D eigenvalue weighted by atomic mass is 35.5. The van der Waals surface area contributed by atoms with Crippen molar-refractivity contribution in [2.75, 3.05) is 16.4 Å². The summed E-state index contributed by atoms with van der Waals surface area (Å²) in [6, 6.07) is 9.27. The lowest BCUT2D eigenvalue weighted by molar-refractivity contribution is 0.262. The normalized spacial score (nSPS) is 10.2. The highest BCUT2D eigenvalue weighted by molar-refractivity contribution is 6.37. The highest BCUT2D eigenvalue weighted by Gasteiger charge is 2.10. The molecule has 4 N–H and O–H groups in total. The summed E-state index contributed by atoms with van der Waals surface area (Å²) < 4.78 is 0. The first-order valence-corrected chi connectivity index (χ1v) is 6.67. The Kier molecular flexibility index (Phi) is 4.60. The number of carbonyl (C=O) groups is 1. The molecule has 2 amide bonds. The fourth-order valence-electron chi connectivity index (χ4n) is 1.57. The van der Waals surface area contributed by atoms with Gasteiger partial charge in [0, 0.05) is 15.7 Å². The molecular formula is C13H10Cl3N3O. The van der Waals surface area contributed by atoms with Crippen LogP contribution in [0.25, 0.3) is 0 Å². The number of hydrogen-bond donors (Lipinski definition) is 3. The number of halogens is 3. The largest absolute Gasteiger partial charge is 0.397 e. The van der Waals surface area contributed by atoms with Crippen molar-refractivity contribution in [1.82, 2.24) is 0 Å². The molecule has 2 aromatic rings. The molecule has 4 nitrogen and oxygen atoms in total. The fourth-order valence-corrected chi connectivity index (χ4v) is 2.31. The van der Waals surface area contributed by atoms with Gasteiger partial charge in [-0.15, -0.1) is 0 Å². The monoisotopic (exact) mass is 329 g/mol. The summed E-state index contributed by atoms with van der Waals surface area (Å²) >= 11 is 17.6. The van der Waals surface area contributed by atoms with Gasteiger partial charge < -0.3 is 16.4 Å². The van der Waals surface area contributed by atoms with Crippen LogP contribution in [0, 0.1) is 0 Å². The molecular weight excluding hydrogens is 321 g/mol. The average molecular weight is 331 g/mol. The van der Waals surface area contributed by atoms with E-state index in [9.17, 15) is 4.79 Å². The molecule has 20 heavy (non-hydrogen) atoms. The Balaban J connectivity index is 2.13. The van der Waals surface area contributed by atoms with Crippen LogP contribution < -0.4 is 16.4 Å². The summed E-state index contributed by atoms with van der Waals surface area (Å²) in [4.78, 5) is 11.9. The van der Waals surface area contributed by atoms with Gasteiger partial charge in [0.05, 0.1) is 16.4 Å². The molecule has 104 valence electrons. The summed E-state index contributed by atoms with van der Waals surface area (Å²) in [6.07, 6.45) is 0. The smallest absolute Gasteiger partial charge is 0.323 e. The number of urea groups is 1. The van der Waals surface area contributed by atoms with Crippen molar-refractivity contribution in [3.63, 3.8) is 0 Å². The topological polar surface area (TPSA) is 67.1 Å². The molecule has 7 heteroatoms. The van der Waals surface area contributed by atoms with Crippen LogP contribution in [0.5, 0.6) is 0 Å². The summed E-state index contributed by atoms with van der Waals surface area (Å²) in [7, 11) is 0. The molecule has 0 saturated carbocycles. The number of rotatable bonds is 2. The standard InChI is InChI=1S/C13H10Cl3N3O/c14-7-2-1-3-9(4-7)18-13(20)19-12-10(16)5-8(15)6-11(12)17/h1-6H,17H2,(H2,18,19,20). The lowest BCUT2D eigenvalue weighted by Crippen LogP contribution is -2.20. The number of carbonyl (C=O) groups excluding carboxylic acids is 1. The lowest BCUT2D eigenvalue weighted by Gasteiger charge is -2.12. The molecule has 0 spiro atoms. The van der Waals surface area contributed by atoms with E-state index in [-0.39, 0.29) is 10.7 Å². The molecule has 0 bridgehead atoms. The number of nitrogen functional groups attached to an aromatic ring is 1. The van der Waals surface area contributed by atoms with Crippen LogP contribution in [0.4, 0.5) is 21.9 Å². The maximum absolute atomic E-state index is 11.9. The van der Waals surface area contributed by atoms with Crippen LogP contribution >= 0.6 is 34.8 Å². The third kappa shape index (κ3) is 3.70. The molecule has 0 heterocycles. The Morgan fingerprint density at radius 2 is 1.75 bits per heavy atom. The third-order valence-electron chi connectivity index (χ3n) is 2.41. The number of nitrogens with one attached hydrogen (secondary N) is 2. The molecule has 0 fully saturated rings. The number of anilines is 3.